The molecule has 8 heteroatoms. The van der Waals surface area contributed by atoms with Crippen LogP contribution in [0, 0.1) is 6.92 Å². The van der Waals surface area contributed by atoms with Crippen molar-refractivity contribution in [3.05, 3.63) is 10.9 Å². The molecule has 0 amide bonds. The molecule has 0 fully saturated rings. The van der Waals surface area contributed by atoms with Crippen molar-refractivity contribution in [2.75, 3.05) is 11.1 Å². The van der Waals surface area contributed by atoms with Crippen molar-refractivity contribution >= 4 is 33.3 Å². The molecule has 1 atom stereocenters. The molecule has 0 aromatic carbocycles. The molecule has 2 aromatic heterocycles. The van der Waals surface area contributed by atoms with Crippen LogP contribution in [0.3, 0.4) is 0 Å². The summed E-state index contributed by atoms with van der Waals surface area (Å²) in [6, 6.07) is 1.06. The van der Waals surface area contributed by atoms with Gasteiger partial charge in [-0.15, -0.1) is 11.3 Å². The van der Waals surface area contributed by atoms with Crippen LogP contribution in [-0.4, -0.2) is 22.2 Å². The molecular weight excluding hydrogens is 277 g/mol. The minimum Gasteiger partial charge on any atom is -0.368 e. The zero-order valence-corrected chi connectivity index (χ0v) is 11.2. The summed E-state index contributed by atoms with van der Waals surface area (Å²) in [5, 5.41) is 3.45. The molecule has 2 rings (SSSR count). The minimum absolute atomic E-state index is 0.0519. The molecule has 0 radical (unpaired) electrons. The summed E-state index contributed by atoms with van der Waals surface area (Å²) in [6.45, 7) is 3.35. The number of hydrogen-bond acceptors (Lipinski definition) is 5. The fourth-order valence-corrected chi connectivity index (χ4v) is 2.69. The van der Waals surface area contributed by atoms with E-state index in [1.807, 2.05) is 13.0 Å². The van der Waals surface area contributed by atoms with Crippen molar-refractivity contribution in [3.8, 4) is 0 Å². The van der Waals surface area contributed by atoms with Crippen LogP contribution in [0.5, 0.6) is 0 Å². The molecule has 1 unspecified atom stereocenters. The third-order valence-electron chi connectivity index (χ3n) is 2.45. The average Bonchev–Trinajstić information content (AvgIpc) is 2.55. The van der Waals surface area contributed by atoms with Crippen molar-refractivity contribution in [3.63, 3.8) is 0 Å². The van der Waals surface area contributed by atoms with Gasteiger partial charge in [0.05, 0.1) is 11.8 Å². The van der Waals surface area contributed by atoms with Crippen molar-refractivity contribution in [2.45, 2.75) is 32.5 Å². The number of fused-ring (bicyclic) bond motifs is 1. The predicted molar refractivity (Wildman–Crippen MR) is 70.3 cm³/mol. The van der Waals surface area contributed by atoms with Crippen LogP contribution in [0.1, 0.15) is 18.2 Å². The Morgan fingerprint density at radius 2 is 2.11 bits per heavy atom. The molecular formula is C11H13F3N4S. The van der Waals surface area contributed by atoms with E-state index < -0.39 is 18.6 Å². The fraction of sp³-hybridized carbons (Fsp3) is 0.455. The number of thiophene rings is 1. The van der Waals surface area contributed by atoms with Gasteiger partial charge in [-0.3, -0.25) is 0 Å². The maximum Gasteiger partial charge on any atom is 0.391 e. The molecule has 2 heterocycles. The lowest BCUT2D eigenvalue weighted by molar-refractivity contribution is -0.136. The van der Waals surface area contributed by atoms with Gasteiger partial charge in [0.1, 0.15) is 10.6 Å². The van der Waals surface area contributed by atoms with Gasteiger partial charge in [-0.1, -0.05) is 0 Å². The SMILES string of the molecule is Cc1cc2c(NC(C)CC(F)(F)F)nc(N)nc2s1. The van der Waals surface area contributed by atoms with E-state index in [0.29, 0.717) is 16.0 Å². The summed E-state index contributed by atoms with van der Waals surface area (Å²) in [6.07, 6.45) is -5.14. The molecule has 4 nitrogen and oxygen atoms in total. The van der Waals surface area contributed by atoms with Gasteiger partial charge in [0.15, 0.2) is 0 Å². The van der Waals surface area contributed by atoms with Gasteiger partial charge in [0.2, 0.25) is 5.95 Å². The number of aromatic nitrogens is 2. The first kappa shape index (κ1) is 13.9. The van der Waals surface area contributed by atoms with Crippen LogP contribution in [0.2, 0.25) is 0 Å². The molecule has 0 bridgehead atoms. The lowest BCUT2D eigenvalue weighted by Gasteiger charge is -2.16. The monoisotopic (exact) mass is 290 g/mol. The first-order valence-electron chi connectivity index (χ1n) is 5.61. The fourth-order valence-electron chi connectivity index (χ4n) is 1.80. The highest BCUT2D eigenvalue weighted by molar-refractivity contribution is 7.18. The van der Waals surface area contributed by atoms with Gasteiger partial charge >= 0.3 is 6.18 Å². The van der Waals surface area contributed by atoms with Crippen LogP contribution >= 0.6 is 11.3 Å². The Labute approximate surface area is 111 Å². The van der Waals surface area contributed by atoms with Crippen molar-refractivity contribution in [2.24, 2.45) is 0 Å². The normalized spacial score (nSPS) is 13.7. The Balaban J connectivity index is 2.29. The zero-order valence-electron chi connectivity index (χ0n) is 10.4. The predicted octanol–water partition coefficient (Wildman–Crippen LogP) is 3.33. The maximum absolute atomic E-state index is 12.3. The van der Waals surface area contributed by atoms with Crippen molar-refractivity contribution < 1.29 is 13.2 Å². The highest BCUT2D eigenvalue weighted by atomic mass is 32.1. The number of alkyl halides is 3. The van der Waals surface area contributed by atoms with E-state index in [1.165, 1.54) is 18.3 Å². The molecule has 0 saturated heterocycles. The number of halogens is 3. The number of nitrogens with one attached hydrogen (secondary N) is 1. The molecule has 0 spiro atoms. The second-order valence-electron chi connectivity index (χ2n) is 4.37. The summed E-state index contributed by atoms with van der Waals surface area (Å²) in [5.74, 6) is 0.402. The van der Waals surface area contributed by atoms with E-state index in [4.69, 9.17) is 5.73 Å². The highest BCUT2D eigenvalue weighted by Crippen LogP contribution is 2.30. The van der Waals surface area contributed by atoms with Crippen molar-refractivity contribution in [1.82, 2.24) is 9.97 Å². The third-order valence-corrected chi connectivity index (χ3v) is 3.40. The first-order chi connectivity index (χ1) is 8.74. The van der Waals surface area contributed by atoms with E-state index in [1.54, 1.807) is 0 Å². The van der Waals surface area contributed by atoms with Gasteiger partial charge in [-0.05, 0) is 19.9 Å². The molecule has 0 aliphatic heterocycles. The quantitative estimate of drug-likeness (QED) is 0.910. The minimum atomic E-state index is -4.21. The smallest absolute Gasteiger partial charge is 0.368 e. The van der Waals surface area contributed by atoms with Crippen LogP contribution in [0.15, 0.2) is 6.07 Å². The Morgan fingerprint density at radius 3 is 2.74 bits per heavy atom. The summed E-state index contributed by atoms with van der Waals surface area (Å²) < 4.78 is 36.9. The topological polar surface area (TPSA) is 63.8 Å². The maximum atomic E-state index is 12.3. The molecule has 19 heavy (non-hydrogen) atoms. The number of nitrogens with two attached hydrogens (primary N) is 1. The standard InChI is InChI=1S/C11H13F3N4S/c1-5(4-11(12,13)14)16-8-7-3-6(2)19-9(7)18-10(15)17-8/h3,5H,4H2,1-2H3,(H3,15,16,17,18). The van der Waals surface area contributed by atoms with Crippen LogP contribution in [0.25, 0.3) is 10.2 Å². The first-order valence-corrected chi connectivity index (χ1v) is 6.43. The molecule has 0 saturated carbocycles. The number of hydrogen-bond donors (Lipinski definition) is 2. The van der Waals surface area contributed by atoms with E-state index in [2.05, 4.69) is 15.3 Å². The zero-order chi connectivity index (χ0) is 14.2. The second-order valence-corrected chi connectivity index (χ2v) is 5.61. The number of nitrogen functional groups attached to an aromatic ring is 1. The lowest BCUT2D eigenvalue weighted by atomic mass is 10.2. The Bertz CT molecular complexity index is 593. The van der Waals surface area contributed by atoms with Gasteiger partial charge < -0.3 is 11.1 Å². The lowest BCUT2D eigenvalue weighted by Crippen LogP contribution is -2.24. The summed E-state index contributed by atoms with van der Waals surface area (Å²) in [4.78, 5) is 9.72. The van der Waals surface area contributed by atoms with Gasteiger partial charge in [-0.2, -0.15) is 18.2 Å². The Kier molecular flexibility index (Phi) is 3.53. The molecule has 104 valence electrons. The van der Waals surface area contributed by atoms with E-state index in [9.17, 15) is 13.2 Å². The Hall–Kier alpha value is -1.57. The van der Waals surface area contributed by atoms with Crippen LogP contribution in [-0.2, 0) is 0 Å². The summed E-state index contributed by atoms with van der Waals surface area (Å²) >= 11 is 1.43. The average molecular weight is 290 g/mol. The van der Waals surface area contributed by atoms with Gasteiger partial charge in [0, 0.05) is 10.9 Å². The number of nitrogens with zero attached hydrogens (tertiary/aromatic N) is 2. The van der Waals surface area contributed by atoms with E-state index >= 15 is 0 Å². The van der Waals surface area contributed by atoms with Crippen molar-refractivity contribution in [1.29, 1.82) is 0 Å². The molecule has 3 N–H and O–H groups in total. The third kappa shape index (κ3) is 3.46. The molecule has 0 aliphatic carbocycles. The number of aryl methyl sites for hydroxylation is 1. The summed E-state index contributed by atoms with van der Waals surface area (Å²) in [7, 11) is 0. The van der Waals surface area contributed by atoms with E-state index in [0.717, 1.165) is 4.88 Å². The van der Waals surface area contributed by atoms with Gasteiger partial charge in [0.25, 0.3) is 0 Å². The summed E-state index contributed by atoms with van der Waals surface area (Å²) in [5.41, 5.74) is 5.56. The molecule has 0 aliphatic rings. The van der Waals surface area contributed by atoms with Crippen LogP contribution in [0.4, 0.5) is 24.9 Å². The number of rotatable bonds is 3. The number of anilines is 2. The van der Waals surface area contributed by atoms with Crippen LogP contribution < -0.4 is 11.1 Å². The second kappa shape index (κ2) is 4.84. The molecule has 2 aromatic rings. The van der Waals surface area contributed by atoms with E-state index in [-0.39, 0.29) is 5.95 Å². The highest BCUT2D eigenvalue weighted by Gasteiger charge is 2.30. The Morgan fingerprint density at radius 1 is 1.42 bits per heavy atom. The van der Waals surface area contributed by atoms with Gasteiger partial charge in [-0.25, -0.2) is 4.98 Å². The largest absolute Gasteiger partial charge is 0.391 e.